The van der Waals surface area contributed by atoms with E-state index in [0.717, 1.165) is 16.4 Å². The third-order valence-corrected chi connectivity index (χ3v) is 6.23. The molecule has 0 amide bonds. The van der Waals surface area contributed by atoms with Crippen LogP contribution in [-0.2, 0) is 19.6 Å². The molecule has 1 aliphatic rings. The number of hydrogen-bond acceptors (Lipinski definition) is 5. The molecule has 1 heterocycles. The lowest BCUT2D eigenvalue weighted by Crippen LogP contribution is -2.41. The molecule has 0 N–H and O–H groups in total. The molecular formula is C19H19F2NO5S. The van der Waals surface area contributed by atoms with Gasteiger partial charge in [-0.1, -0.05) is 0 Å². The molecule has 0 spiro atoms. The van der Waals surface area contributed by atoms with Crippen molar-refractivity contribution in [2.75, 3.05) is 19.8 Å². The maximum atomic E-state index is 13.1. The molecule has 1 atom stereocenters. The standard InChI is InChI=1S/C19H19F2NO5S/c20-14-3-7-16(8-4-14)26-12-13-27-19(23)18-2-1-11-22(18)28(24,25)17-9-5-15(21)6-10-17/h3-10,18H,1-2,11-13H2/t18-/m0/s1. The minimum absolute atomic E-state index is 0.0504. The van der Waals surface area contributed by atoms with Gasteiger partial charge in [0.15, 0.2) is 0 Å². The van der Waals surface area contributed by atoms with E-state index >= 15 is 0 Å². The van der Waals surface area contributed by atoms with Gasteiger partial charge in [-0.25, -0.2) is 17.2 Å². The molecule has 150 valence electrons. The third-order valence-electron chi connectivity index (χ3n) is 4.31. The van der Waals surface area contributed by atoms with Crippen LogP contribution in [0.3, 0.4) is 0 Å². The maximum absolute atomic E-state index is 13.1. The number of hydrogen-bond donors (Lipinski definition) is 0. The maximum Gasteiger partial charge on any atom is 0.324 e. The average Bonchev–Trinajstić information content (AvgIpc) is 3.18. The molecule has 2 aromatic rings. The zero-order chi connectivity index (χ0) is 20.1. The first-order valence-corrected chi connectivity index (χ1v) is 10.1. The number of ether oxygens (including phenoxy) is 2. The Hall–Kier alpha value is -2.52. The molecule has 28 heavy (non-hydrogen) atoms. The molecule has 9 heteroatoms. The van der Waals surface area contributed by atoms with E-state index in [2.05, 4.69) is 0 Å². The van der Waals surface area contributed by atoms with Crippen molar-refractivity contribution in [3.63, 3.8) is 0 Å². The summed E-state index contributed by atoms with van der Waals surface area (Å²) in [6, 6.07) is 8.92. The highest BCUT2D eigenvalue weighted by Crippen LogP contribution is 2.27. The fourth-order valence-electron chi connectivity index (χ4n) is 2.93. The number of rotatable bonds is 7. The van der Waals surface area contributed by atoms with Gasteiger partial charge >= 0.3 is 5.97 Å². The molecule has 0 aliphatic carbocycles. The van der Waals surface area contributed by atoms with E-state index in [1.807, 2.05) is 0 Å². The van der Waals surface area contributed by atoms with Gasteiger partial charge in [-0.2, -0.15) is 4.31 Å². The van der Waals surface area contributed by atoms with Crippen LogP contribution in [0, 0.1) is 11.6 Å². The molecule has 3 rings (SSSR count). The minimum Gasteiger partial charge on any atom is -0.490 e. The Labute approximate surface area is 161 Å². The summed E-state index contributed by atoms with van der Waals surface area (Å²) in [6.07, 6.45) is 0.865. The zero-order valence-electron chi connectivity index (χ0n) is 14.9. The lowest BCUT2D eigenvalue weighted by atomic mass is 10.2. The van der Waals surface area contributed by atoms with E-state index in [-0.39, 0.29) is 30.5 Å². The van der Waals surface area contributed by atoms with Gasteiger partial charge in [0.25, 0.3) is 0 Å². The summed E-state index contributed by atoms with van der Waals surface area (Å²) in [6.45, 7) is 0.164. The lowest BCUT2D eigenvalue weighted by molar-refractivity contribution is -0.148. The van der Waals surface area contributed by atoms with Gasteiger partial charge in [0.05, 0.1) is 4.90 Å². The van der Waals surface area contributed by atoms with Crippen LogP contribution in [0.2, 0.25) is 0 Å². The van der Waals surface area contributed by atoms with Crippen LogP contribution >= 0.6 is 0 Å². The molecule has 0 bridgehead atoms. The highest BCUT2D eigenvalue weighted by Gasteiger charge is 2.40. The van der Waals surface area contributed by atoms with Gasteiger partial charge in [-0.15, -0.1) is 0 Å². The van der Waals surface area contributed by atoms with Gasteiger partial charge in [0, 0.05) is 6.54 Å². The number of esters is 1. The van der Waals surface area contributed by atoms with Gasteiger partial charge in [0.2, 0.25) is 10.0 Å². The topological polar surface area (TPSA) is 72.9 Å². The molecule has 1 fully saturated rings. The molecule has 6 nitrogen and oxygen atoms in total. The minimum atomic E-state index is -3.93. The highest BCUT2D eigenvalue weighted by atomic mass is 32.2. The lowest BCUT2D eigenvalue weighted by Gasteiger charge is -2.22. The SMILES string of the molecule is O=C(OCCOc1ccc(F)cc1)[C@@H]1CCCN1S(=O)(=O)c1ccc(F)cc1. The second kappa shape index (κ2) is 8.66. The summed E-state index contributed by atoms with van der Waals surface area (Å²) in [5.74, 6) is -1.16. The highest BCUT2D eigenvalue weighted by molar-refractivity contribution is 7.89. The van der Waals surface area contributed by atoms with Crippen molar-refractivity contribution in [2.24, 2.45) is 0 Å². The van der Waals surface area contributed by atoms with Gasteiger partial charge in [-0.3, -0.25) is 4.79 Å². The van der Waals surface area contributed by atoms with Crippen LogP contribution in [0.5, 0.6) is 5.75 Å². The van der Waals surface area contributed by atoms with E-state index in [1.54, 1.807) is 0 Å². The molecule has 0 aromatic heterocycles. The van der Waals surface area contributed by atoms with Crippen LogP contribution < -0.4 is 4.74 Å². The van der Waals surface area contributed by atoms with Crippen LogP contribution in [0.4, 0.5) is 8.78 Å². The Bertz CT molecular complexity index is 916. The first-order chi connectivity index (χ1) is 13.4. The van der Waals surface area contributed by atoms with Gasteiger partial charge in [0.1, 0.15) is 36.6 Å². The normalized spacial score (nSPS) is 17.4. The van der Waals surface area contributed by atoms with Crippen molar-refractivity contribution < 1.29 is 31.5 Å². The van der Waals surface area contributed by atoms with Crippen molar-refractivity contribution in [3.8, 4) is 5.75 Å². The second-order valence-corrected chi connectivity index (χ2v) is 8.09. The average molecular weight is 411 g/mol. The largest absolute Gasteiger partial charge is 0.490 e. The van der Waals surface area contributed by atoms with Crippen molar-refractivity contribution in [2.45, 2.75) is 23.8 Å². The summed E-state index contributed by atoms with van der Waals surface area (Å²) >= 11 is 0. The molecule has 0 saturated carbocycles. The van der Waals surface area contributed by atoms with Crippen LogP contribution in [0.25, 0.3) is 0 Å². The molecule has 0 radical (unpaired) electrons. The van der Waals surface area contributed by atoms with E-state index < -0.39 is 27.9 Å². The van der Waals surface area contributed by atoms with Crippen molar-refractivity contribution >= 4 is 16.0 Å². The Morgan fingerprint density at radius 3 is 2.25 bits per heavy atom. The second-order valence-electron chi connectivity index (χ2n) is 6.20. The van der Waals surface area contributed by atoms with Crippen molar-refractivity contribution in [1.82, 2.24) is 4.31 Å². The van der Waals surface area contributed by atoms with Crippen LogP contribution in [0.1, 0.15) is 12.8 Å². The fourth-order valence-corrected chi connectivity index (χ4v) is 4.58. The van der Waals surface area contributed by atoms with Crippen molar-refractivity contribution in [3.05, 3.63) is 60.2 Å². The quantitative estimate of drug-likeness (QED) is 0.518. The molecule has 2 aromatic carbocycles. The Kier molecular flexibility index (Phi) is 6.25. The summed E-state index contributed by atoms with van der Waals surface area (Å²) in [4.78, 5) is 12.3. The Balaban J connectivity index is 1.56. The smallest absolute Gasteiger partial charge is 0.324 e. The zero-order valence-corrected chi connectivity index (χ0v) is 15.7. The van der Waals surface area contributed by atoms with Crippen molar-refractivity contribution in [1.29, 1.82) is 0 Å². The van der Waals surface area contributed by atoms with Gasteiger partial charge in [-0.05, 0) is 61.4 Å². The number of halogens is 2. The molecule has 0 unspecified atom stereocenters. The number of nitrogens with zero attached hydrogens (tertiary/aromatic N) is 1. The Morgan fingerprint density at radius 2 is 1.61 bits per heavy atom. The van der Waals surface area contributed by atoms with E-state index in [0.29, 0.717) is 18.6 Å². The molecule has 1 saturated heterocycles. The van der Waals surface area contributed by atoms with E-state index in [1.165, 1.54) is 36.4 Å². The first-order valence-electron chi connectivity index (χ1n) is 8.70. The third kappa shape index (κ3) is 4.66. The number of benzene rings is 2. The first kappa shape index (κ1) is 20.2. The molecular weight excluding hydrogens is 392 g/mol. The molecule has 1 aliphatic heterocycles. The summed E-state index contributed by atoms with van der Waals surface area (Å²) in [5.41, 5.74) is 0. The Morgan fingerprint density at radius 1 is 1.00 bits per heavy atom. The van der Waals surface area contributed by atoms with Gasteiger partial charge < -0.3 is 9.47 Å². The number of sulfonamides is 1. The number of carbonyl (C=O) groups excluding carboxylic acids is 1. The monoisotopic (exact) mass is 411 g/mol. The van der Waals surface area contributed by atoms with Crippen LogP contribution in [0.15, 0.2) is 53.4 Å². The summed E-state index contributed by atoms with van der Waals surface area (Å²) in [7, 11) is -3.93. The summed E-state index contributed by atoms with van der Waals surface area (Å²) in [5, 5.41) is 0. The van der Waals surface area contributed by atoms with Crippen LogP contribution in [-0.4, -0.2) is 44.5 Å². The van der Waals surface area contributed by atoms with E-state index in [4.69, 9.17) is 9.47 Å². The number of carbonyl (C=O) groups is 1. The predicted octanol–water partition coefficient (Wildman–Crippen LogP) is 2.74. The summed E-state index contributed by atoms with van der Waals surface area (Å²) < 4.78 is 62.9. The predicted molar refractivity (Wildman–Crippen MR) is 96.2 cm³/mol. The van der Waals surface area contributed by atoms with E-state index in [9.17, 15) is 22.0 Å². The fraction of sp³-hybridized carbons (Fsp3) is 0.316.